The number of benzene rings is 1. The van der Waals surface area contributed by atoms with E-state index >= 15 is 0 Å². The quantitative estimate of drug-likeness (QED) is 0.557. The van der Waals surface area contributed by atoms with Crippen LogP contribution in [0.15, 0.2) is 48.7 Å². The number of ketones is 1. The molecule has 6 nitrogen and oxygen atoms in total. The molecular formula is C24H28N4O2. The number of hydrogen-bond acceptors (Lipinski definition) is 4. The molecule has 3 aromatic rings. The lowest BCUT2D eigenvalue weighted by atomic mass is 9.96. The van der Waals surface area contributed by atoms with Crippen LogP contribution >= 0.6 is 0 Å². The number of likely N-dealkylation sites (tertiary alicyclic amines) is 1. The predicted octanol–water partition coefficient (Wildman–Crippen LogP) is 4.05. The fourth-order valence-corrected chi connectivity index (χ4v) is 4.22. The Bertz CT molecular complexity index is 1030. The largest absolute Gasteiger partial charge is 0.342 e. The van der Waals surface area contributed by atoms with Crippen LogP contribution in [-0.4, -0.2) is 44.3 Å². The average molecular weight is 405 g/mol. The number of pyridine rings is 1. The highest BCUT2D eigenvalue weighted by molar-refractivity contribution is 5.98. The fourth-order valence-electron chi connectivity index (χ4n) is 4.22. The van der Waals surface area contributed by atoms with Crippen LogP contribution in [0, 0.1) is 0 Å². The molecular weight excluding hydrogens is 376 g/mol. The summed E-state index contributed by atoms with van der Waals surface area (Å²) >= 11 is 0. The molecule has 156 valence electrons. The molecule has 6 heteroatoms. The molecule has 1 unspecified atom stereocenters. The van der Waals surface area contributed by atoms with Gasteiger partial charge in [0, 0.05) is 43.6 Å². The number of hydrogen-bond donors (Lipinski definition) is 0. The lowest BCUT2D eigenvalue weighted by molar-refractivity contribution is -0.132. The SMILES string of the molecule is CCCc1ccc(C(=O)CCC(=O)N2CCCC(c3nnc4ccccn34)C2)cc1. The van der Waals surface area contributed by atoms with Gasteiger partial charge in [0.15, 0.2) is 11.4 Å². The second-order valence-corrected chi connectivity index (χ2v) is 8.04. The normalized spacial score (nSPS) is 16.7. The molecule has 0 N–H and O–H groups in total. The van der Waals surface area contributed by atoms with Crippen molar-refractivity contribution in [2.75, 3.05) is 13.1 Å². The number of carbonyl (C=O) groups is 2. The van der Waals surface area contributed by atoms with Crippen molar-refractivity contribution in [3.8, 4) is 0 Å². The third kappa shape index (κ3) is 4.42. The van der Waals surface area contributed by atoms with Gasteiger partial charge in [0.05, 0.1) is 0 Å². The van der Waals surface area contributed by atoms with E-state index in [1.165, 1.54) is 5.56 Å². The van der Waals surface area contributed by atoms with Crippen LogP contribution in [0.5, 0.6) is 0 Å². The Kier molecular flexibility index (Phi) is 6.21. The summed E-state index contributed by atoms with van der Waals surface area (Å²) in [7, 11) is 0. The molecule has 0 bridgehead atoms. The van der Waals surface area contributed by atoms with Crippen molar-refractivity contribution < 1.29 is 9.59 Å². The predicted molar refractivity (Wildman–Crippen MR) is 116 cm³/mol. The summed E-state index contributed by atoms with van der Waals surface area (Å²) in [5, 5.41) is 8.61. The number of amides is 1. The van der Waals surface area contributed by atoms with E-state index in [4.69, 9.17) is 0 Å². The maximum Gasteiger partial charge on any atom is 0.223 e. The van der Waals surface area contributed by atoms with Gasteiger partial charge in [0.1, 0.15) is 5.82 Å². The molecule has 1 atom stereocenters. The van der Waals surface area contributed by atoms with Gasteiger partial charge in [-0.25, -0.2) is 0 Å². The van der Waals surface area contributed by atoms with E-state index in [0.717, 1.165) is 43.7 Å². The number of nitrogens with zero attached hydrogens (tertiary/aromatic N) is 4. The van der Waals surface area contributed by atoms with Crippen molar-refractivity contribution in [2.45, 2.75) is 51.4 Å². The molecule has 4 rings (SSSR count). The van der Waals surface area contributed by atoms with Crippen LogP contribution in [0.1, 0.15) is 66.7 Å². The maximum absolute atomic E-state index is 12.8. The summed E-state index contributed by atoms with van der Waals surface area (Å²) in [6.45, 7) is 3.52. The Hall–Kier alpha value is -3.02. The first-order valence-electron chi connectivity index (χ1n) is 10.8. The summed E-state index contributed by atoms with van der Waals surface area (Å²) in [6.07, 6.45) is 6.50. The van der Waals surface area contributed by atoms with E-state index in [-0.39, 0.29) is 30.4 Å². The fraction of sp³-hybridized carbons (Fsp3) is 0.417. The highest BCUT2D eigenvalue weighted by Crippen LogP contribution is 2.26. The minimum absolute atomic E-state index is 0.0309. The van der Waals surface area contributed by atoms with Crippen LogP contribution in [0.25, 0.3) is 5.65 Å². The molecule has 30 heavy (non-hydrogen) atoms. The lowest BCUT2D eigenvalue weighted by Gasteiger charge is -2.32. The van der Waals surface area contributed by atoms with Crippen molar-refractivity contribution in [1.29, 1.82) is 0 Å². The highest BCUT2D eigenvalue weighted by atomic mass is 16.2. The van der Waals surface area contributed by atoms with Gasteiger partial charge < -0.3 is 4.90 Å². The lowest BCUT2D eigenvalue weighted by Crippen LogP contribution is -2.39. The average Bonchev–Trinajstić information content (AvgIpc) is 3.22. The van der Waals surface area contributed by atoms with Crippen LogP contribution in [-0.2, 0) is 11.2 Å². The minimum Gasteiger partial charge on any atom is -0.342 e. The number of Topliss-reactive ketones (excluding diaryl/α,β-unsaturated/α-hetero) is 1. The summed E-state index contributed by atoms with van der Waals surface area (Å²) in [5.74, 6) is 1.15. The van der Waals surface area contributed by atoms with Crippen molar-refractivity contribution in [3.63, 3.8) is 0 Å². The topological polar surface area (TPSA) is 67.6 Å². The number of aromatic nitrogens is 3. The number of rotatable bonds is 7. The van der Waals surface area contributed by atoms with Gasteiger partial charge in [-0.3, -0.25) is 14.0 Å². The van der Waals surface area contributed by atoms with Crippen molar-refractivity contribution in [3.05, 3.63) is 65.6 Å². The van der Waals surface area contributed by atoms with Crippen LogP contribution in [0.4, 0.5) is 0 Å². The number of piperidine rings is 1. The first-order chi connectivity index (χ1) is 14.7. The number of fused-ring (bicyclic) bond motifs is 1. The molecule has 1 amide bonds. The van der Waals surface area contributed by atoms with E-state index in [0.29, 0.717) is 12.1 Å². The molecule has 0 spiro atoms. The van der Waals surface area contributed by atoms with E-state index in [1.54, 1.807) is 0 Å². The molecule has 0 saturated carbocycles. The second kappa shape index (κ2) is 9.20. The third-order valence-electron chi connectivity index (χ3n) is 5.86. The standard InChI is InChI=1S/C24H28N4O2/c1-2-6-18-9-11-19(12-10-18)21(29)13-14-23(30)27-15-5-7-20(17-27)24-26-25-22-8-3-4-16-28(22)24/h3-4,8-12,16,20H,2,5-7,13-15,17H2,1H3. The van der Waals surface area contributed by atoms with Gasteiger partial charge in [-0.2, -0.15) is 0 Å². The Labute approximate surface area is 176 Å². The smallest absolute Gasteiger partial charge is 0.223 e. The minimum atomic E-state index is 0.0309. The first-order valence-corrected chi connectivity index (χ1v) is 10.8. The van der Waals surface area contributed by atoms with Gasteiger partial charge in [-0.15, -0.1) is 10.2 Å². The second-order valence-electron chi connectivity index (χ2n) is 8.04. The molecule has 2 aromatic heterocycles. The Balaban J connectivity index is 1.34. The summed E-state index contributed by atoms with van der Waals surface area (Å²) in [5.41, 5.74) is 2.76. The molecule has 0 aliphatic carbocycles. The van der Waals surface area contributed by atoms with Crippen LogP contribution < -0.4 is 0 Å². The Morgan fingerprint density at radius 2 is 1.90 bits per heavy atom. The molecule has 1 fully saturated rings. The van der Waals surface area contributed by atoms with Gasteiger partial charge in [-0.1, -0.05) is 43.7 Å². The number of carbonyl (C=O) groups excluding carboxylic acids is 2. The Morgan fingerprint density at radius 3 is 2.70 bits per heavy atom. The van der Waals surface area contributed by atoms with Gasteiger partial charge in [0.25, 0.3) is 0 Å². The van der Waals surface area contributed by atoms with Crippen LogP contribution in [0.3, 0.4) is 0 Å². The van der Waals surface area contributed by atoms with E-state index in [2.05, 4.69) is 17.1 Å². The number of aryl methyl sites for hydroxylation is 1. The molecule has 1 saturated heterocycles. The van der Waals surface area contributed by atoms with Gasteiger partial charge in [-0.05, 0) is 37.0 Å². The third-order valence-corrected chi connectivity index (χ3v) is 5.86. The molecule has 1 aromatic carbocycles. The van der Waals surface area contributed by atoms with E-state index in [9.17, 15) is 9.59 Å². The molecule has 0 radical (unpaired) electrons. The maximum atomic E-state index is 12.8. The zero-order valence-electron chi connectivity index (χ0n) is 17.5. The molecule has 1 aliphatic rings. The Morgan fingerprint density at radius 1 is 1.07 bits per heavy atom. The molecule has 3 heterocycles. The summed E-state index contributed by atoms with van der Waals surface area (Å²) in [4.78, 5) is 27.2. The van der Waals surface area contributed by atoms with Crippen molar-refractivity contribution >= 4 is 17.3 Å². The van der Waals surface area contributed by atoms with Crippen LogP contribution in [0.2, 0.25) is 0 Å². The van der Waals surface area contributed by atoms with Crippen molar-refractivity contribution in [2.24, 2.45) is 0 Å². The van der Waals surface area contributed by atoms with E-state index in [1.807, 2.05) is 58.0 Å². The van der Waals surface area contributed by atoms with Gasteiger partial charge >= 0.3 is 0 Å². The van der Waals surface area contributed by atoms with Gasteiger partial charge in [0.2, 0.25) is 5.91 Å². The highest BCUT2D eigenvalue weighted by Gasteiger charge is 2.28. The first kappa shape index (κ1) is 20.3. The summed E-state index contributed by atoms with van der Waals surface area (Å²) in [6, 6.07) is 13.6. The molecule has 1 aliphatic heterocycles. The monoisotopic (exact) mass is 404 g/mol. The van der Waals surface area contributed by atoms with Crippen molar-refractivity contribution in [1.82, 2.24) is 19.5 Å². The zero-order valence-corrected chi connectivity index (χ0v) is 17.5. The summed E-state index contributed by atoms with van der Waals surface area (Å²) < 4.78 is 2.00. The zero-order chi connectivity index (χ0) is 20.9. The van der Waals surface area contributed by atoms with E-state index < -0.39 is 0 Å².